The molecule has 0 aromatic heterocycles. The zero-order valence-corrected chi connectivity index (χ0v) is 32.5. The Morgan fingerprint density at radius 2 is 0.735 bits per heavy atom. The van der Waals surface area contributed by atoms with Gasteiger partial charge in [-0.3, -0.25) is 14.4 Å². The van der Waals surface area contributed by atoms with Crippen LogP contribution in [-0.2, 0) is 28.6 Å². The fourth-order valence-electron chi connectivity index (χ4n) is 5.76. The summed E-state index contributed by atoms with van der Waals surface area (Å²) in [6, 6.07) is 0. The van der Waals surface area contributed by atoms with Gasteiger partial charge in [-0.1, -0.05) is 167 Å². The fraction of sp³-hybridized carbons (Fsp3) is 0.837. The summed E-state index contributed by atoms with van der Waals surface area (Å²) in [4.78, 5) is 37.1. The Morgan fingerprint density at radius 3 is 1.20 bits per heavy atom. The van der Waals surface area contributed by atoms with E-state index in [1.807, 2.05) is 0 Å². The molecule has 0 spiro atoms. The molecule has 6 nitrogen and oxygen atoms in total. The second-order valence-corrected chi connectivity index (χ2v) is 13.9. The largest absolute Gasteiger partial charge is 0.462 e. The second-order valence-electron chi connectivity index (χ2n) is 13.9. The van der Waals surface area contributed by atoms with Crippen LogP contribution in [0.1, 0.15) is 213 Å². The summed E-state index contributed by atoms with van der Waals surface area (Å²) in [5.41, 5.74) is 0. The molecule has 286 valence electrons. The van der Waals surface area contributed by atoms with Crippen LogP contribution in [-0.4, -0.2) is 37.2 Å². The highest BCUT2D eigenvalue weighted by Crippen LogP contribution is 2.14. The molecule has 0 radical (unpaired) electrons. The van der Waals surface area contributed by atoms with E-state index < -0.39 is 6.10 Å². The van der Waals surface area contributed by atoms with Crippen LogP contribution >= 0.6 is 0 Å². The van der Waals surface area contributed by atoms with Crippen molar-refractivity contribution in [3.05, 3.63) is 24.3 Å². The first-order chi connectivity index (χ1) is 24.0. The normalized spacial score (nSPS) is 12.1. The smallest absolute Gasteiger partial charge is 0.306 e. The van der Waals surface area contributed by atoms with E-state index in [2.05, 4.69) is 45.1 Å². The molecule has 1 unspecified atom stereocenters. The predicted octanol–water partition coefficient (Wildman–Crippen LogP) is 12.9. The van der Waals surface area contributed by atoms with Crippen molar-refractivity contribution < 1.29 is 28.6 Å². The van der Waals surface area contributed by atoms with Crippen LogP contribution < -0.4 is 0 Å². The van der Waals surface area contributed by atoms with Crippen LogP contribution in [0.5, 0.6) is 0 Å². The third-order valence-electron chi connectivity index (χ3n) is 8.96. The van der Waals surface area contributed by atoms with E-state index >= 15 is 0 Å². The minimum atomic E-state index is -0.767. The summed E-state index contributed by atoms with van der Waals surface area (Å²) in [5.74, 6) is -0.918. The zero-order valence-electron chi connectivity index (χ0n) is 32.5. The first kappa shape index (κ1) is 46.9. The predicted molar refractivity (Wildman–Crippen MR) is 206 cm³/mol. The topological polar surface area (TPSA) is 78.9 Å². The van der Waals surface area contributed by atoms with Crippen molar-refractivity contribution in [3.63, 3.8) is 0 Å². The van der Waals surface area contributed by atoms with Crippen LogP contribution in [0.15, 0.2) is 24.3 Å². The van der Waals surface area contributed by atoms with Gasteiger partial charge in [0, 0.05) is 19.3 Å². The van der Waals surface area contributed by atoms with Gasteiger partial charge < -0.3 is 14.2 Å². The van der Waals surface area contributed by atoms with Crippen LogP contribution in [0.4, 0.5) is 0 Å². The van der Waals surface area contributed by atoms with Crippen molar-refractivity contribution >= 4 is 17.9 Å². The highest BCUT2D eigenvalue weighted by molar-refractivity contribution is 5.71. The minimum absolute atomic E-state index is 0.0760. The molecule has 6 heteroatoms. The lowest BCUT2D eigenvalue weighted by Crippen LogP contribution is -2.30. The average Bonchev–Trinajstić information content (AvgIpc) is 3.09. The van der Waals surface area contributed by atoms with Crippen molar-refractivity contribution in [2.75, 3.05) is 13.2 Å². The summed E-state index contributed by atoms with van der Waals surface area (Å²) in [6.45, 7) is 6.42. The molecule has 49 heavy (non-hydrogen) atoms. The van der Waals surface area contributed by atoms with Crippen LogP contribution in [0, 0.1) is 0 Å². The van der Waals surface area contributed by atoms with Gasteiger partial charge in [0.1, 0.15) is 13.2 Å². The van der Waals surface area contributed by atoms with Gasteiger partial charge in [0.25, 0.3) is 0 Å². The molecule has 0 aromatic carbocycles. The fourth-order valence-corrected chi connectivity index (χ4v) is 5.76. The number of unbranched alkanes of at least 4 members (excludes halogenated alkanes) is 22. The first-order valence-corrected chi connectivity index (χ1v) is 20.8. The standard InChI is InChI=1S/C43H78O6/c1-4-7-10-12-14-16-18-20-21-23-25-27-29-31-34-37-43(46)49-40(38-47-41(44)35-32-9-6-3)39-48-42(45)36-33-30-28-26-24-22-19-17-15-13-11-8-5-2/h14,16,20-21,40H,4-13,15,17-19,22-39H2,1-3H3/b16-14-,21-20-. The summed E-state index contributed by atoms with van der Waals surface area (Å²) in [5, 5.41) is 0. The Hall–Kier alpha value is -2.11. The highest BCUT2D eigenvalue weighted by Gasteiger charge is 2.19. The maximum absolute atomic E-state index is 12.6. The third kappa shape index (κ3) is 37.0. The first-order valence-electron chi connectivity index (χ1n) is 20.8. The van der Waals surface area contributed by atoms with Crippen molar-refractivity contribution in [2.24, 2.45) is 0 Å². The number of allylic oxidation sites excluding steroid dienone is 4. The number of carbonyl (C=O) groups is 3. The number of rotatable bonds is 37. The molecule has 1 atom stereocenters. The van der Waals surface area contributed by atoms with Crippen LogP contribution in [0.25, 0.3) is 0 Å². The molecule has 0 amide bonds. The summed E-state index contributed by atoms with van der Waals surface area (Å²) in [6.07, 6.45) is 40.8. The molecule has 0 fully saturated rings. The maximum atomic E-state index is 12.6. The van der Waals surface area contributed by atoms with E-state index in [0.29, 0.717) is 19.3 Å². The monoisotopic (exact) mass is 691 g/mol. The lowest BCUT2D eigenvalue weighted by atomic mass is 10.0. The van der Waals surface area contributed by atoms with Gasteiger partial charge in [0.05, 0.1) is 0 Å². The van der Waals surface area contributed by atoms with Crippen molar-refractivity contribution in [1.82, 2.24) is 0 Å². The van der Waals surface area contributed by atoms with Crippen LogP contribution in [0.3, 0.4) is 0 Å². The Kier molecular flexibility index (Phi) is 37.0. The minimum Gasteiger partial charge on any atom is -0.462 e. The van der Waals surface area contributed by atoms with Gasteiger partial charge in [-0.05, 0) is 51.4 Å². The van der Waals surface area contributed by atoms with E-state index in [0.717, 1.165) is 83.5 Å². The molecule has 0 bridgehead atoms. The molecular weight excluding hydrogens is 612 g/mol. The molecule has 0 saturated carbocycles. The maximum Gasteiger partial charge on any atom is 0.306 e. The van der Waals surface area contributed by atoms with E-state index in [1.54, 1.807) is 0 Å². The molecule has 0 aliphatic heterocycles. The quantitative estimate of drug-likeness (QED) is 0.0279. The van der Waals surface area contributed by atoms with Crippen molar-refractivity contribution in [3.8, 4) is 0 Å². The number of esters is 3. The van der Waals surface area contributed by atoms with Gasteiger partial charge in [-0.15, -0.1) is 0 Å². The number of ether oxygens (including phenoxy) is 3. The molecule has 0 heterocycles. The van der Waals surface area contributed by atoms with Gasteiger partial charge in [-0.25, -0.2) is 0 Å². The van der Waals surface area contributed by atoms with Crippen LogP contribution in [0.2, 0.25) is 0 Å². The molecule has 0 aliphatic rings. The van der Waals surface area contributed by atoms with E-state index in [4.69, 9.17) is 14.2 Å². The SMILES string of the molecule is CCCCC/C=C\C/C=C\CCCCCCCC(=O)OC(COC(=O)CCCCC)COC(=O)CCCCCCCCCCCCCCC. The van der Waals surface area contributed by atoms with E-state index in [-0.39, 0.29) is 31.1 Å². The third-order valence-corrected chi connectivity index (χ3v) is 8.96. The van der Waals surface area contributed by atoms with Gasteiger partial charge >= 0.3 is 17.9 Å². The molecule has 0 aliphatic carbocycles. The Labute approximate surface area is 303 Å². The van der Waals surface area contributed by atoms with Gasteiger partial charge in [0.15, 0.2) is 6.10 Å². The number of carbonyl (C=O) groups excluding carboxylic acids is 3. The molecular formula is C43H78O6. The molecule has 0 aromatic rings. The molecule has 0 saturated heterocycles. The Balaban J connectivity index is 4.17. The Morgan fingerprint density at radius 1 is 0.408 bits per heavy atom. The second kappa shape index (κ2) is 38.7. The lowest BCUT2D eigenvalue weighted by Gasteiger charge is -2.18. The number of hydrogen-bond donors (Lipinski definition) is 0. The van der Waals surface area contributed by atoms with Crippen molar-refractivity contribution in [2.45, 2.75) is 219 Å². The van der Waals surface area contributed by atoms with Gasteiger partial charge in [0.2, 0.25) is 0 Å². The highest BCUT2D eigenvalue weighted by atomic mass is 16.6. The number of hydrogen-bond acceptors (Lipinski definition) is 6. The average molecular weight is 691 g/mol. The summed E-state index contributed by atoms with van der Waals surface area (Å²) in [7, 11) is 0. The van der Waals surface area contributed by atoms with E-state index in [1.165, 1.54) is 89.9 Å². The van der Waals surface area contributed by atoms with Gasteiger partial charge in [-0.2, -0.15) is 0 Å². The Bertz CT molecular complexity index is 804. The van der Waals surface area contributed by atoms with E-state index in [9.17, 15) is 14.4 Å². The van der Waals surface area contributed by atoms with Crippen molar-refractivity contribution in [1.29, 1.82) is 0 Å². The lowest BCUT2D eigenvalue weighted by molar-refractivity contribution is -0.167. The zero-order chi connectivity index (χ0) is 35.9. The summed E-state index contributed by atoms with van der Waals surface area (Å²) >= 11 is 0. The molecule has 0 N–H and O–H groups in total. The molecule has 0 rings (SSSR count). The summed E-state index contributed by atoms with van der Waals surface area (Å²) < 4.78 is 16.4.